The molecule has 1 aromatic rings. The van der Waals surface area contributed by atoms with Gasteiger partial charge < -0.3 is 10.2 Å². The van der Waals surface area contributed by atoms with Gasteiger partial charge in [-0.1, -0.05) is 0 Å². The number of hydrogen-bond acceptors (Lipinski definition) is 3. The van der Waals surface area contributed by atoms with Crippen molar-refractivity contribution in [2.24, 2.45) is 0 Å². The largest absolute Gasteiger partial charge is 0.337 e. The van der Waals surface area contributed by atoms with Gasteiger partial charge in [0.25, 0.3) is 17.2 Å². The highest BCUT2D eigenvalue weighted by atomic mass is 32.2. The number of anilines is 1. The van der Waals surface area contributed by atoms with E-state index in [0.29, 0.717) is 17.8 Å². The standard InChI is InChI=1S/C13H19N3O3S/c1-10-9-11(3-4-12(10)15-20(18)19)13(17)16-7-2-5-14-6-8-16/h3-4,9,14-15H,2,5-8H2,1H3,(H,18,19). The number of amides is 1. The van der Waals surface area contributed by atoms with Crippen molar-refractivity contribution in [2.45, 2.75) is 13.3 Å². The zero-order valence-electron chi connectivity index (χ0n) is 11.4. The minimum absolute atomic E-state index is 0.00784. The molecule has 20 heavy (non-hydrogen) atoms. The van der Waals surface area contributed by atoms with Gasteiger partial charge >= 0.3 is 0 Å². The van der Waals surface area contributed by atoms with E-state index in [-0.39, 0.29) is 5.91 Å². The van der Waals surface area contributed by atoms with Gasteiger partial charge in [0.2, 0.25) is 0 Å². The van der Waals surface area contributed by atoms with E-state index in [2.05, 4.69) is 10.0 Å². The van der Waals surface area contributed by atoms with Crippen LogP contribution in [0.3, 0.4) is 0 Å². The Kier molecular flexibility index (Phi) is 5.11. The van der Waals surface area contributed by atoms with Crippen LogP contribution in [0.25, 0.3) is 0 Å². The van der Waals surface area contributed by atoms with Gasteiger partial charge in [0, 0.05) is 25.2 Å². The zero-order chi connectivity index (χ0) is 14.5. The van der Waals surface area contributed by atoms with Gasteiger partial charge in [-0.3, -0.25) is 14.1 Å². The molecule has 1 saturated heterocycles. The SMILES string of the molecule is Cc1cc(C(=O)N2CCCNCC2)ccc1NS(=O)O. The molecule has 1 aliphatic rings. The Hall–Kier alpha value is -1.44. The molecule has 0 aliphatic carbocycles. The molecule has 0 saturated carbocycles. The normalized spacial score (nSPS) is 17.4. The molecule has 1 fully saturated rings. The summed E-state index contributed by atoms with van der Waals surface area (Å²) in [5.41, 5.74) is 1.93. The van der Waals surface area contributed by atoms with E-state index in [1.165, 1.54) is 0 Å². The number of carbonyl (C=O) groups excluding carboxylic acids is 1. The van der Waals surface area contributed by atoms with Gasteiger partial charge in [-0.2, -0.15) is 0 Å². The number of carbonyl (C=O) groups is 1. The van der Waals surface area contributed by atoms with Crippen LogP contribution in [0, 0.1) is 6.92 Å². The van der Waals surface area contributed by atoms with Crippen LogP contribution >= 0.6 is 0 Å². The van der Waals surface area contributed by atoms with E-state index in [4.69, 9.17) is 4.55 Å². The summed E-state index contributed by atoms with van der Waals surface area (Å²) >= 11 is -2.10. The lowest BCUT2D eigenvalue weighted by Crippen LogP contribution is -2.34. The second-order valence-electron chi connectivity index (χ2n) is 4.78. The molecule has 2 rings (SSSR count). The Morgan fingerprint density at radius 2 is 2.20 bits per heavy atom. The maximum absolute atomic E-state index is 12.4. The number of aryl methyl sites for hydroxylation is 1. The molecule has 0 spiro atoms. The van der Waals surface area contributed by atoms with Crippen LogP contribution in [-0.2, 0) is 11.3 Å². The van der Waals surface area contributed by atoms with Crippen LogP contribution in [0.1, 0.15) is 22.3 Å². The minimum Gasteiger partial charge on any atom is -0.337 e. The molecule has 0 aromatic heterocycles. The summed E-state index contributed by atoms with van der Waals surface area (Å²) in [6, 6.07) is 5.09. The van der Waals surface area contributed by atoms with E-state index in [9.17, 15) is 9.00 Å². The third-order valence-electron chi connectivity index (χ3n) is 3.30. The fourth-order valence-electron chi connectivity index (χ4n) is 2.24. The van der Waals surface area contributed by atoms with Crippen molar-refractivity contribution in [3.8, 4) is 0 Å². The van der Waals surface area contributed by atoms with E-state index >= 15 is 0 Å². The lowest BCUT2D eigenvalue weighted by atomic mass is 10.1. The quantitative estimate of drug-likeness (QED) is 0.726. The minimum atomic E-state index is -2.10. The van der Waals surface area contributed by atoms with Gasteiger partial charge in [0.05, 0.1) is 5.69 Å². The average molecular weight is 297 g/mol. The zero-order valence-corrected chi connectivity index (χ0v) is 12.2. The van der Waals surface area contributed by atoms with Crippen molar-refractivity contribution in [1.82, 2.24) is 10.2 Å². The fraction of sp³-hybridized carbons (Fsp3) is 0.462. The highest BCUT2D eigenvalue weighted by Crippen LogP contribution is 2.18. The molecular formula is C13H19N3O3S. The lowest BCUT2D eigenvalue weighted by molar-refractivity contribution is 0.0766. The lowest BCUT2D eigenvalue weighted by Gasteiger charge is -2.20. The van der Waals surface area contributed by atoms with Crippen molar-refractivity contribution in [2.75, 3.05) is 30.9 Å². The van der Waals surface area contributed by atoms with Crippen LogP contribution in [0.5, 0.6) is 0 Å². The number of rotatable bonds is 3. The van der Waals surface area contributed by atoms with Gasteiger partial charge in [-0.25, -0.2) is 4.21 Å². The predicted octanol–water partition coefficient (Wildman–Crippen LogP) is 0.979. The van der Waals surface area contributed by atoms with Crippen LogP contribution in [0.2, 0.25) is 0 Å². The monoisotopic (exact) mass is 297 g/mol. The highest BCUT2D eigenvalue weighted by molar-refractivity contribution is 7.80. The number of hydrogen-bond donors (Lipinski definition) is 3. The Morgan fingerprint density at radius 3 is 2.90 bits per heavy atom. The van der Waals surface area contributed by atoms with E-state index in [1.54, 1.807) is 25.1 Å². The summed E-state index contributed by atoms with van der Waals surface area (Å²) in [6.07, 6.45) is 0.952. The third-order valence-corrected chi connectivity index (χ3v) is 3.69. The molecule has 0 bridgehead atoms. The van der Waals surface area contributed by atoms with E-state index in [0.717, 1.165) is 31.6 Å². The summed E-state index contributed by atoms with van der Waals surface area (Å²) in [5.74, 6) is 0.00784. The van der Waals surface area contributed by atoms with Gasteiger partial charge in [-0.05, 0) is 43.7 Å². The van der Waals surface area contributed by atoms with Gasteiger partial charge in [0.15, 0.2) is 0 Å². The predicted molar refractivity (Wildman–Crippen MR) is 79.0 cm³/mol. The average Bonchev–Trinajstić information content (AvgIpc) is 2.68. The molecule has 1 aliphatic heterocycles. The summed E-state index contributed by atoms with van der Waals surface area (Å²) < 4.78 is 22.0. The van der Waals surface area contributed by atoms with Crippen molar-refractivity contribution < 1.29 is 13.6 Å². The summed E-state index contributed by atoms with van der Waals surface area (Å²) in [4.78, 5) is 14.2. The Bertz CT molecular complexity index is 514. The first kappa shape index (κ1) is 15.0. The van der Waals surface area contributed by atoms with Gasteiger partial charge in [0.1, 0.15) is 0 Å². The fourth-order valence-corrected chi connectivity index (χ4v) is 2.65. The van der Waals surface area contributed by atoms with E-state index < -0.39 is 11.3 Å². The van der Waals surface area contributed by atoms with E-state index in [1.807, 2.05) is 4.90 Å². The first-order valence-corrected chi connectivity index (χ1v) is 7.67. The molecule has 7 heteroatoms. The maximum Gasteiger partial charge on any atom is 0.259 e. The second kappa shape index (κ2) is 6.83. The van der Waals surface area contributed by atoms with Crippen LogP contribution in [0.15, 0.2) is 18.2 Å². The van der Waals surface area contributed by atoms with Crippen LogP contribution in [-0.4, -0.2) is 45.7 Å². The maximum atomic E-state index is 12.4. The Morgan fingerprint density at radius 1 is 1.40 bits per heavy atom. The molecule has 1 atom stereocenters. The smallest absolute Gasteiger partial charge is 0.259 e. The molecule has 1 unspecified atom stereocenters. The molecule has 3 N–H and O–H groups in total. The number of nitrogens with one attached hydrogen (secondary N) is 2. The van der Waals surface area contributed by atoms with Crippen LogP contribution in [0.4, 0.5) is 5.69 Å². The number of nitrogens with zero attached hydrogens (tertiary/aromatic N) is 1. The molecule has 1 heterocycles. The van der Waals surface area contributed by atoms with Crippen molar-refractivity contribution >= 4 is 22.9 Å². The first-order chi connectivity index (χ1) is 9.58. The summed E-state index contributed by atoms with van der Waals surface area (Å²) in [6.45, 7) is 5.02. The third kappa shape index (κ3) is 3.78. The summed E-state index contributed by atoms with van der Waals surface area (Å²) in [7, 11) is 0. The molecule has 1 aromatic carbocycles. The number of benzene rings is 1. The van der Waals surface area contributed by atoms with Gasteiger partial charge in [-0.15, -0.1) is 0 Å². The topological polar surface area (TPSA) is 81.7 Å². The molecule has 6 nitrogen and oxygen atoms in total. The Labute approximate surface area is 121 Å². The molecule has 1 amide bonds. The van der Waals surface area contributed by atoms with Crippen LogP contribution < -0.4 is 10.0 Å². The summed E-state index contributed by atoms with van der Waals surface area (Å²) in [5, 5.41) is 3.26. The van der Waals surface area contributed by atoms with Crippen molar-refractivity contribution in [3.05, 3.63) is 29.3 Å². The molecule has 0 radical (unpaired) electrons. The second-order valence-corrected chi connectivity index (χ2v) is 5.48. The van der Waals surface area contributed by atoms with Crippen molar-refractivity contribution in [3.63, 3.8) is 0 Å². The highest BCUT2D eigenvalue weighted by Gasteiger charge is 2.17. The first-order valence-electron chi connectivity index (χ1n) is 6.56. The molecular weight excluding hydrogens is 278 g/mol. The Balaban J connectivity index is 2.13. The molecule has 110 valence electrons. The van der Waals surface area contributed by atoms with Crippen molar-refractivity contribution in [1.29, 1.82) is 0 Å².